The molecule has 3 heteroatoms. The Hall–Kier alpha value is -1.61. The Morgan fingerprint density at radius 3 is 2.61 bits per heavy atom. The normalized spacial score (nSPS) is 10.9. The summed E-state index contributed by atoms with van der Waals surface area (Å²) in [5.41, 5.74) is 3.61. The highest BCUT2D eigenvalue weighted by atomic mass is 79.9. The molecule has 0 aliphatic carbocycles. The maximum atomic E-state index is 4.40. The fourth-order valence-corrected chi connectivity index (χ4v) is 2.35. The number of imidazole rings is 1. The van der Waals surface area contributed by atoms with E-state index in [-0.39, 0.29) is 0 Å². The van der Waals surface area contributed by atoms with Gasteiger partial charge in [-0.05, 0) is 36.2 Å². The Bertz CT molecular complexity index is 656. The Morgan fingerprint density at radius 1 is 1.00 bits per heavy atom. The molecule has 0 spiro atoms. The van der Waals surface area contributed by atoms with Crippen LogP contribution in [0.4, 0.5) is 0 Å². The molecule has 0 saturated heterocycles. The van der Waals surface area contributed by atoms with E-state index in [1.54, 1.807) is 0 Å². The smallest absolute Gasteiger partial charge is 0.0958 e. The van der Waals surface area contributed by atoms with Crippen LogP contribution in [0, 0.1) is 0 Å². The molecule has 0 fully saturated rings. The summed E-state index contributed by atoms with van der Waals surface area (Å²) in [6.07, 6.45) is 2.94. The van der Waals surface area contributed by atoms with Crippen molar-refractivity contribution >= 4 is 27.0 Å². The third kappa shape index (κ3) is 2.31. The molecule has 0 saturated carbocycles. The SMILES string of the molecule is Brc1ccc(CCn2cnc3ccccc32)cc1. The number of benzene rings is 2. The first kappa shape index (κ1) is 11.5. The highest BCUT2D eigenvalue weighted by Gasteiger charge is 2.01. The minimum atomic E-state index is 0.960. The van der Waals surface area contributed by atoms with Gasteiger partial charge in [-0.2, -0.15) is 0 Å². The summed E-state index contributed by atoms with van der Waals surface area (Å²) in [7, 11) is 0. The van der Waals surface area contributed by atoms with E-state index in [9.17, 15) is 0 Å². The topological polar surface area (TPSA) is 17.8 Å². The summed E-state index contributed by atoms with van der Waals surface area (Å²) in [5, 5.41) is 0. The van der Waals surface area contributed by atoms with Crippen molar-refractivity contribution in [2.24, 2.45) is 0 Å². The number of halogens is 1. The van der Waals surface area contributed by atoms with E-state index in [0.29, 0.717) is 0 Å². The van der Waals surface area contributed by atoms with Gasteiger partial charge in [0.05, 0.1) is 17.4 Å². The molecule has 0 N–H and O–H groups in total. The van der Waals surface area contributed by atoms with Gasteiger partial charge < -0.3 is 4.57 Å². The van der Waals surface area contributed by atoms with Gasteiger partial charge in [-0.25, -0.2) is 4.98 Å². The zero-order valence-corrected chi connectivity index (χ0v) is 11.5. The maximum absolute atomic E-state index is 4.40. The number of fused-ring (bicyclic) bond motifs is 1. The first-order valence-corrected chi connectivity index (χ1v) is 6.76. The van der Waals surface area contributed by atoms with Crippen molar-refractivity contribution in [3.8, 4) is 0 Å². The predicted octanol–water partition coefficient (Wildman–Crippen LogP) is 4.04. The van der Waals surface area contributed by atoms with E-state index in [4.69, 9.17) is 0 Å². The Morgan fingerprint density at radius 2 is 1.78 bits per heavy atom. The van der Waals surface area contributed by atoms with Crippen molar-refractivity contribution in [3.63, 3.8) is 0 Å². The van der Waals surface area contributed by atoms with Gasteiger partial charge in [0.25, 0.3) is 0 Å². The van der Waals surface area contributed by atoms with Crippen LogP contribution in [-0.4, -0.2) is 9.55 Å². The largest absolute Gasteiger partial charge is 0.330 e. The standard InChI is InChI=1S/C15H13BrN2/c16-13-7-5-12(6-8-13)9-10-18-11-17-14-3-1-2-4-15(14)18/h1-8,11H,9-10H2. The molecule has 90 valence electrons. The van der Waals surface area contributed by atoms with E-state index in [2.05, 4.69) is 61.9 Å². The average Bonchev–Trinajstić information content (AvgIpc) is 2.82. The molecule has 18 heavy (non-hydrogen) atoms. The minimum absolute atomic E-state index is 0.960. The van der Waals surface area contributed by atoms with Crippen LogP contribution in [0.1, 0.15) is 5.56 Å². The molecule has 0 aliphatic rings. The van der Waals surface area contributed by atoms with Gasteiger partial charge in [0.1, 0.15) is 0 Å². The van der Waals surface area contributed by atoms with Crippen LogP contribution in [0.15, 0.2) is 59.3 Å². The van der Waals surface area contributed by atoms with Crippen LogP contribution in [0.25, 0.3) is 11.0 Å². The summed E-state index contributed by atoms with van der Waals surface area (Å²) < 4.78 is 3.33. The second-order valence-electron chi connectivity index (χ2n) is 4.30. The second-order valence-corrected chi connectivity index (χ2v) is 5.22. The van der Waals surface area contributed by atoms with Crippen molar-refractivity contribution in [2.45, 2.75) is 13.0 Å². The van der Waals surface area contributed by atoms with E-state index in [1.807, 2.05) is 18.5 Å². The lowest BCUT2D eigenvalue weighted by Gasteiger charge is -2.04. The van der Waals surface area contributed by atoms with E-state index in [1.165, 1.54) is 11.1 Å². The molecular weight excluding hydrogens is 288 g/mol. The van der Waals surface area contributed by atoms with Crippen LogP contribution in [0.2, 0.25) is 0 Å². The molecular formula is C15H13BrN2. The number of hydrogen-bond acceptors (Lipinski definition) is 1. The summed E-state index contributed by atoms with van der Waals surface area (Å²) in [6, 6.07) is 16.7. The second kappa shape index (κ2) is 4.94. The van der Waals surface area contributed by atoms with Crippen LogP contribution >= 0.6 is 15.9 Å². The van der Waals surface area contributed by atoms with Crippen LogP contribution in [-0.2, 0) is 13.0 Å². The van der Waals surface area contributed by atoms with Crippen LogP contribution < -0.4 is 0 Å². The Balaban J connectivity index is 1.79. The Labute approximate surface area is 114 Å². The number of nitrogens with zero attached hydrogens (tertiary/aromatic N) is 2. The van der Waals surface area contributed by atoms with E-state index >= 15 is 0 Å². The fourth-order valence-electron chi connectivity index (χ4n) is 2.09. The zero-order valence-electron chi connectivity index (χ0n) is 9.88. The highest BCUT2D eigenvalue weighted by Crippen LogP contribution is 2.14. The minimum Gasteiger partial charge on any atom is -0.330 e. The summed E-state index contributed by atoms with van der Waals surface area (Å²) >= 11 is 3.45. The van der Waals surface area contributed by atoms with Gasteiger partial charge >= 0.3 is 0 Å². The van der Waals surface area contributed by atoms with Crippen molar-refractivity contribution in [2.75, 3.05) is 0 Å². The quantitative estimate of drug-likeness (QED) is 0.714. The molecule has 1 heterocycles. The van der Waals surface area contributed by atoms with Crippen LogP contribution in [0.3, 0.4) is 0 Å². The molecule has 0 atom stereocenters. The third-order valence-electron chi connectivity index (χ3n) is 3.08. The summed E-state index contributed by atoms with van der Waals surface area (Å²) in [5.74, 6) is 0. The van der Waals surface area contributed by atoms with Crippen molar-refractivity contribution < 1.29 is 0 Å². The number of aryl methyl sites for hydroxylation is 2. The van der Waals surface area contributed by atoms with E-state index < -0.39 is 0 Å². The molecule has 2 nitrogen and oxygen atoms in total. The van der Waals surface area contributed by atoms with Gasteiger partial charge in [-0.1, -0.05) is 40.2 Å². The lowest BCUT2D eigenvalue weighted by atomic mass is 10.1. The van der Waals surface area contributed by atoms with Gasteiger partial charge in [0, 0.05) is 11.0 Å². The lowest BCUT2D eigenvalue weighted by molar-refractivity contribution is 0.716. The van der Waals surface area contributed by atoms with Crippen LogP contribution in [0.5, 0.6) is 0 Å². The van der Waals surface area contributed by atoms with Gasteiger partial charge in [0.15, 0.2) is 0 Å². The highest BCUT2D eigenvalue weighted by molar-refractivity contribution is 9.10. The predicted molar refractivity (Wildman–Crippen MR) is 77.6 cm³/mol. The average molecular weight is 301 g/mol. The van der Waals surface area contributed by atoms with Gasteiger partial charge in [-0.3, -0.25) is 0 Å². The fraction of sp³-hybridized carbons (Fsp3) is 0.133. The molecule has 3 rings (SSSR count). The molecule has 1 aromatic heterocycles. The third-order valence-corrected chi connectivity index (χ3v) is 3.61. The molecule has 2 aromatic carbocycles. The molecule has 0 radical (unpaired) electrons. The Kier molecular flexibility index (Phi) is 3.15. The zero-order chi connectivity index (χ0) is 12.4. The monoisotopic (exact) mass is 300 g/mol. The summed E-state index contributed by atoms with van der Waals surface area (Å²) in [4.78, 5) is 4.40. The maximum Gasteiger partial charge on any atom is 0.0958 e. The number of para-hydroxylation sites is 2. The van der Waals surface area contributed by atoms with Gasteiger partial charge in [0.2, 0.25) is 0 Å². The van der Waals surface area contributed by atoms with Crippen molar-refractivity contribution in [1.29, 1.82) is 0 Å². The summed E-state index contributed by atoms with van der Waals surface area (Å²) in [6.45, 7) is 0.960. The number of aromatic nitrogens is 2. The molecule has 0 bridgehead atoms. The lowest BCUT2D eigenvalue weighted by Crippen LogP contribution is -1.99. The number of rotatable bonds is 3. The number of hydrogen-bond donors (Lipinski definition) is 0. The van der Waals surface area contributed by atoms with E-state index in [0.717, 1.165) is 23.0 Å². The van der Waals surface area contributed by atoms with Gasteiger partial charge in [-0.15, -0.1) is 0 Å². The molecule has 0 aliphatic heterocycles. The first-order valence-electron chi connectivity index (χ1n) is 5.97. The molecule has 0 unspecified atom stereocenters. The molecule has 3 aromatic rings. The van der Waals surface area contributed by atoms with Crippen molar-refractivity contribution in [3.05, 3.63) is 64.9 Å². The first-order chi connectivity index (χ1) is 8.83. The van der Waals surface area contributed by atoms with Crippen molar-refractivity contribution in [1.82, 2.24) is 9.55 Å². The molecule has 0 amide bonds.